The highest BCUT2D eigenvalue weighted by molar-refractivity contribution is 5.73. The third-order valence-electron chi connectivity index (χ3n) is 4.74. The average Bonchev–Trinajstić information content (AvgIpc) is 2.67. The summed E-state index contributed by atoms with van der Waals surface area (Å²) in [5.41, 5.74) is 1.57. The lowest BCUT2D eigenvalue weighted by Crippen LogP contribution is -2.25. The molecular weight excluding hydrogens is 300 g/mol. The zero-order chi connectivity index (χ0) is 16.8. The van der Waals surface area contributed by atoms with E-state index in [0.717, 1.165) is 36.8 Å². The second kappa shape index (κ2) is 8.11. The molecule has 0 heterocycles. The van der Waals surface area contributed by atoms with Crippen molar-refractivity contribution in [1.29, 1.82) is 0 Å². The monoisotopic (exact) mass is 324 g/mol. The SMILES string of the molecule is O=C(O[C@@H](c1ccccc1)[C@@H](O)c1ccccc1)C1CCCCC1. The number of carbonyl (C=O) groups is 1. The van der Waals surface area contributed by atoms with Crippen LogP contribution >= 0.6 is 0 Å². The van der Waals surface area contributed by atoms with Gasteiger partial charge in [0.2, 0.25) is 0 Å². The first-order valence-electron chi connectivity index (χ1n) is 8.74. The van der Waals surface area contributed by atoms with Gasteiger partial charge in [-0.05, 0) is 24.0 Å². The van der Waals surface area contributed by atoms with Gasteiger partial charge >= 0.3 is 5.97 Å². The van der Waals surface area contributed by atoms with E-state index in [4.69, 9.17) is 4.74 Å². The van der Waals surface area contributed by atoms with Crippen LogP contribution in [0.5, 0.6) is 0 Å². The quantitative estimate of drug-likeness (QED) is 0.819. The molecule has 3 heteroatoms. The van der Waals surface area contributed by atoms with E-state index in [-0.39, 0.29) is 11.9 Å². The van der Waals surface area contributed by atoms with Crippen molar-refractivity contribution in [2.75, 3.05) is 0 Å². The highest BCUT2D eigenvalue weighted by Gasteiger charge is 2.30. The Balaban J connectivity index is 1.81. The van der Waals surface area contributed by atoms with Crippen LogP contribution in [0.2, 0.25) is 0 Å². The van der Waals surface area contributed by atoms with Crippen LogP contribution in [0.15, 0.2) is 60.7 Å². The first-order chi connectivity index (χ1) is 11.8. The van der Waals surface area contributed by atoms with Gasteiger partial charge in [-0.15, -0.1) is 0 Å². The van der Waals surface area contributed by atoms with Crippen molar-refractivity contribution in [1.82, 2.24) is 0 Å². The summed E-state index contributed by atoms with van der Waals surface area (Å²) in [7, 11) is 0. The van der Waals surface area contributed by atoms with Gasteiger partial charge < -0.3 is 9.84 Å². The smallest absolute Gasteiger partial charge is 0.309 e. The molecule has 24 heavy (non-hydrogen) atoms. The molecule has 2 aromatic rings. The normalized spacial score (nSPS) is 17.9. The van der Waals surface area contributed by atoms with Gasteiger partial charge in [0.1, 0.15) is 6.10 Å². The molecule has 0 aromatic heterocycles. The van der Waals surface area contributed by atoms with Crippen molar-refractivity contribution in [2.24, 2.45) is 5.92 Å². The minimum atomic E-state index is -0.874. The van der Waals surface area contributed by atoms with Crippen LogP contribution in [0.4, 0.5) is 0 Å². The van der Waals surface area contributed by atoms with Crippen molar-refractivity contribution in [3.05, 3.63) is 71.8 Å². The van der Waals surface area contributed by atoms with Gasteiger partial charge in [0, 0.05) is 0 Å². The van der Waals surface area contributed by atoms with Crippen molar-refractivity contribution in [3.63, 3.8) is 0 Å². The highest BCUT2D eigenvalue weighted by Crippen LogP contribution is 2.34. The fraction of sp³-hybridized carbons (Fsp3) is 0.381. The van der Waals surface area contributed by atoms with Crippen molar-refractivity contribution in [2.45, 2.75) is 44.3 Å². The molecule has 1 N–H and O–H groups in total. The Bertz CT molecular complexity index is 633. The second-order valence-electron chi connectivity index (χ2n) is 6.46. The fourth-order valence-electron chi connectivity index (χ4n) is 3.34. The zero-order valence-corrected chi connectivity index (χ0v) is 13.8. The number of rotatable bonds is 5. The maximum atomic E-state index is 12.6. The Kier molecular flexibility index (Phi) is 5.65. The van der Waals surface area contributed by atoms with Crippen LogP contribution in [0.3, 0.4) is 0 Å². The Morgan fingerprint density at radius 2 is 1.42 bits per heavy atom. The summed E-state index contributed by atoms with van der Waals surface area (Å²) in [6.07, 6.45) is 3.58. The molecule has 0 radical (unpaired) electrons. The van der Waals surface area contributed by atoms with Crippen LogP contribution in [-0.2, 0) is 9.53 Å². The van der Waals surface area contributed by atoms with E-state index in [1.54, 1.807) is 0 Å². The van der Waals surface area contributed by atoms with E-state index in [2.05, 4.69) is 0 Å². The molecular formula is C21H24O3. The summed E-state index contributed by atoms with van der Waals surface area (Å²) < 4.78 is 5.80. The molecule has 2 atom stereocenters. The van der Waals surface area contributed by atoms with Crippen LogP contribution in [0.1, 0.15) is 55.4 Å². The second-order valence-corrected chi connectivity index (χ2v) is 6.46. The molecule has 0 unspecified atom stereocenters. The summed E-state index contributed by atoms with van der Waals surface area (Å²) in [6.45, 7) is 0. The van der Waals surface area contributed by atoms with E-state index < -0.39 is 12.2 Å². The number of benzene rings is 2. The Labute approximate surface area is 143 Å². The van der Waals surface area contributed by atoms with Gasteiger partial charge in [-0.2, -0.15) is 0 Å². The van der Waals surface area contributed by atoms with Crippen LogP contribution < -0.4 is 0 Å². The molecule has 1 aliphatic carbocycles. The zero-order valence-electron chi connectivity index (χ0n) is 13.8. The number of hydrogen-bond acceptors (Lipinski definition) is 3. The number of aliphatic hydroxyl groups excluding tert-OH is 1. The van der Waals surface area contributed by atoms with Crippen molar-refractivity contribution < 1.29 is 14.6 Å². The van der Waals surface area contributed by atoms with Crippen LogP contribution in [0, 0.1) is 5.92 Å². The number of esters is 1. The Morgan fingerprint density at radius 1 is 0.875 bits per heavy atom. The number of carbonyl (C=O) groups excluding carboxylic acids is 1. The lowest BCUT2D eigenvalue weighted by atomic mass is 9.89. The molecule has 2 aromatic carbocycles. The Hall–Kier alpha value is -2.13. The number of aliphatic hydroxyl groups is 1. The third kappa shape index (κ3) is 4.04. The third-order valence-corrected chi connectivity index (χ3v) is 4.74. The standard InChI is InChI=1S/C21H24O3/c22-19(16-10-4-1-5-11-16)20(17-12-6-2-7-13-17)24-21(23)18-14-8-3-9-15-18/h1-2,4-7,10-13,18-20,22H,3,8-9,14-15H2/t19-,20-/m0/s1. The number of hydrogen-bond donors (Lipinski definition) is 1. The maximum absolute atomic E-state index is 12.6. The molecule has 1 saturated carbocycles. The summed E-state index contributed by atoms with van der Waals surface area (Å²) in [4.78, 5) is 12.6. The van der Waals surface area contributed by atoms with Gasteiger partial charge in [0.15, 0.2) is 6.10 Å². The first-order valence-corrected chi connectivity index (χ1v) is 8.74. The van der Waals surface area contributed by atoms with Gasteiger partial charge in [-0.25, -0.2) is 0 Å². The van der Waals surface area contributed by atoms with E-state index >= 15 is 0 Å². The fourth-order valence-corrected chi connectivity index (χ4v) is 3.34. The molecule has 0 amide bonds. The lowest BCUT2D eigenvalue weighted by Gasteiger charge is -2.27. The molecule has 1 aliphatic rings. The minimum Gasteiger partial charge on any atom is -0.454 e. The van der Waals surface area contributed by atoms with Gasteiger partial charge in [0.25, 0.3) is 0 Å². The van der Waals surface area contributed by atoms with Gasteiger partial charge in [-0.1, -0.05) is 79.9 Å². The molecule has 126 valence electrons. The molecule has 0 aliphatic heterocycles. The van der Waals surface area contributed by atoms with Crippen LogP contribution in [0.25, 0.3) is 0 Å². The first kappa shape index (κ1) is 16.7. The van der Waals surface area contributed by atoms with Crippen LogP contribution in [-0.4, -0.2) is 11.1 Å². The van der Waals surface area contributed by atoms with E-state index in [1.807, 2.05) is 60.7 Å². The summed E-state index contributed by atoms with van der Waals surface area (Å²) in [6, 6.07) is 18.9. The molecule has 0 saturated heterocycles. The van der Waals surface area contributed by atoms with E-state index in [9.17, 15) is 9.90 Å². The lowest BCUT2D eigenvalue weighted by molar-refractivity contribution is -0.162. The number of ether oxygens (including phenoxy) is 1. The summed E-state index contributed by atoms with van der Waals surface area (Å²) in [5.74, 6) is -0.216. The minimum absolute atomic E-state index is 0.0343. The molecule has 0 bridgehead atoms. The summed E-state index contributed by atoms with van der Waals surface area (Å²) in [5, 5.41) is 10.8. The van der Waals surface area contributed by atoms with Crippen molar-refractivity contribution in [3.8, 4) is 0 Å². The highest BCUT2D eigenvalue weighted by atomic mass is 16.6. The van der Waals surface area contributed by atoms with E-state index in [1.165, 1.54) is 6.42 Å². The maximum Gasteiger partial charge on any atom is 0.309 e. The molecule has 3 nitrogen and oxygen atoms in total. The Morgan fingerprint density at radius 3 is 2.00 bits per heavy atom. The predicted molar refractivity (Wildman–Crippen MR) is 93.3 cm³/mol. The summed E-state index contributed by atoms with van der Waals surface area (Å²) >= 11 is 0. The van der Waals surface area contributed by atoms with Crippen molar-refractivity contribution >= 4 is 5.97 Å². The topological polar surface area (TPSA) is 46.5 Å². The average molecular weight is 324 g/mol. The largest absolute Gasteiger partial charge is 0.454 e. The molecule has 3 rings (SSSR count). The molecule has 1 fully saturated rings. The molecule has 0 spiro atoms. The van der Waals surface area contributed by atoms with Gasteiger partial charge in [-0.3, -0.25) is 4.79 Å². The van der Waals surface area contributed by atoms with E-state index in [0.29, 0.717) is 0 Å². The predicted octanol–water partition coefficient (Wildman–Crippen LogP) is 4.58. The van der Waals surface area contributed by atoms with Gasteiger partial charge in [0.05, 0.1) is 5.92 Å².